The predicted molar refractivity (Wildman–Crippen MR) is 83.7 cm³/mol. The molecule has 1 aliphatic heterocycles. The fraction of sp³-hybridized carbons (Fsp3) is 0.571. The molecule has 6 nitrogen and oxygen atoms in total. The molecule has 2 rings (SSSR count). The van der Waals surface area contributed by atoms with Gasteiger partial charge in [0.1, 0.15) is 4.90 Å². The van der Waals surface area contributed by atoms with Crippen LogP contribution in [0.4, 0.5) is 11.4 Å². The molecule has 1 heterocycles. The van der Waals surface area contributed by atoms with Crippen molar-refractivity contribution in [2.45, 2.75) is 24.3 Å². The van der Waals surface area contributed by atoms with Crippen LogP contribution in [0.15, 0.2) is 23.1 Å². The number of nitrogen functional groups attached to an aromatic ring is 1. The van der Waals surface area contributed by atoms with Crippen LogP contribution in [0.1, 0.15) is 13.3 Å². The fourth-order valence-electron chi connectivity index (χ4n) is 2.58. The van der Waals surface area contributed by atoms with Crippen LogP contribution in [0.25, 0.3) is 0 Å². The van der Waals surface area contributed by atoms with Crippen molar-refractivity contribution in [1.82, 2.24) is 4.31 Å². The van der Waals surface area contributed by atoms with Gasteiger partial charge >= 0.3 is 0 Å². The zero-order chi connectivity index (χ0) is 15.8. The van der Waals surface area contributed by atoms with Gasteiger partial charge in [-0.2, -0.15) is 0 Å². The highest BCUT2D eigenvalue weighted by Crippen LogP contribution is 2.33. The largest absolute Gasteiger partial charge is 0.396 e. The molecule has 21 heavy (non-hydrogen) atoms. The van der Waals surface area contributed by atoms with E-state index in [-0.39, 0.29) is 22.6 Å². The first-order chi connectivity index (χ1) is 9.75. The molecule has 0 amide bonds. The monoisotopic (exact) mass is 313 g/mol. The van der Waals surface area contributed by atoms with Crippen LogP contribution in [0, 0.1) is 5.92 Å². The molecule has 0 aliphatic carbocycles. The standard InChI is InChI=1S/C14H23N3O3S/c1-10-9-17(8-7-12(10)18)11-5-4-6-13(14(11)15)21(19,20)16(2)3/h4-6,10,12,18H,7-9,15H2,1-3H3. The van der Waals surface area contributed by atoms with Gasteiger partial charge in [0.2, 0.25) is 10.0 Å². The number of para-hydroxylation sites is 1. The first-order valence-electron chi connectivity index (χ1n) is 6.99. The van der Waals surface area contributed by atoms with E-state index in [0.29, 0.717) is 19.5 Å². The summed E-state index contributed by atoms with van der Waals surface area (Å²) in [7, 11) is -0.587. The van der Waals surface area contributed by atoms with Gasteiger partial charge in [-0.1, -0.05) is 13.0 Å². The van der Waals surface area contributed by atoms with E-state index in [1.807, 2.05) is 17.9 Å². The first-order valence-corrected chi connectivity index (χ1v) is 8.43. The third-order valence-corrected chi connectivity index (χ3v) is 5.88. The molecule has 1 aromatic rings. The van der Waals surface area contributed by atoms with Gasteiger partial charge in [-0.25, -0.2) is 12.7 Å². The van der Waals surface area contributed by atoms with Crippen LogP contribution < -0.4 is 10.6 Å². The van der Waals surface area contributed by atoms with E-state index in [4.69, 9.17) is 5.73 Å². The van der Waals surface area contributed by atoms with Crippen LogP contribution in [-0.2, 0) is 10.0 Å². The van der Waals surface area contributed by atoms with Crippen molar-refractivity contribution in [2.24, 2.45) is 5.92 Å². The van der Waals surface area contributed by atoms with Gasteiger partial charge in [-0.05, 0) is 24.5 Å². The lowest BCUT2D eigenvalue weighted by Gasteiger charge is -2.36. The van der Waals surface area contributed by atoms with E-state index in [0.717, 1.165) is 9.99 Å². The maximum absolute atomic E-state index is 12.3. The van der Waals surface area contributed by atoms with E-state index in [9.17, 15) is 13.5 Å². The minimum Gasteiger partial charge on any atom is -0.396 e. The number of benzene rings is 1. The summed E-state index contributed by atoms with van der Waals surface area (Å²) < 4.78 is 25.7. The van der Waals surface area contributed by atoms with Crippen molar-refractivity contribution >= 4 is 21.4 Å². The van der Waals surface area contributed by atoms with Gasteiger partial charge in [0.25, 0.3) is 0 Å². The van der Waals surface area contributed by atoms with Crippen molar-refractivity contribution < 1.29 is 13.5 Å². The number of anilines is 2. The van der Waals surface area contributed by atoms with Crippen LogP contribution in [0.5, 0.6) is 0 Å². The number of nitrogens with two attached hydrogens (primary N) is 1. The van der Waals surface area contributed by atoms with Gasteiger partial charge in [-0.15, -0.1) is 0 Å². The molecule has 2 atom stereocenters. The van der Waals surface area contributed by atoms with E-state index < -0.39 is 10.0 Å². The number of aliphatic hydroxyl groups is 1. The van der Waals surface area contributed by atoms with Gasteiger partial charge in [-0.3, -0.25) is 0 Å². The average molecular weight is 313 g/mol. The van der Waals surface area contributed by atoms with Crippen LogP contribution in [0.2, 0.25) is 0 Å². The summed E-state index contributed by atoms with van der Waals surface area (Å²) in [5, 5.41) is 9.81. The summed E-state index contributed by atoms with van der Waals surface area (Å²) in [6.45, 7) is 3.31. The van der Waals surface area contributed by atoms with Crippen molar-refractivity contribution in [1.29, 1.82) is 0 Å². The molecule has 0 radical (unpaired) electrons. The number of piperidine rings is 1. The quantitative estimate of drug-likeness (QED) is 0.803. The number of nitrogens with zero attached hydrogens (tertiary/aromatic N) is 2. The Bertz CT molecular complexity index is 616. The molecule has 7 heteroatoms. The number of hydrogen-bond acceptors (Lipinski definition) is 5. The molecule has 1 saturated heterocycles. The van der Waals surface area contributed by atoms with E-state index in [1.54, 1.807) is 6.07 Å². The Morgan fingerprint density at radius 2 is 2.05 bits per heavy atom. The molecule has 118 valence electrons. The Hall–Kier alpha value is -1.31. The molecule has 3 N–H and O–H groups in total. The summed E-state index contributed by atoms with van der Waals surface area (Å²) in [6.07, 6.45) is 0.349. The average Bonchev–Trinajstić information content (AvgIpc) is 2.42. The second-order valence-electron chi connectivity index (χ2n) is 5.76. The summed E-state index contributed by atoms with van der Waals surface area (Å²) in [4.78, 5) is 2.17. The second kappa shape index (κ2) is 5.82. The number of sulfonamides is 1. The SMILES string of the molecule is CC1CN(c2cccc(S(=O)(=O)N(C)C)c2N)CCC1O. The summed E-state index contributed by atoms with van der Waals surface area (Å²) in [5.74, 6) is 0.132. The molecular weight excluding hydrogens is 290 g/mol. The number of rotatable bonds is 3. The van der Waals surface area contributed by atoms with Crippen LogP contribution in [-0.4, -0.2) is 51.1 Å². The molecule has 1 fully saturated rings. The van der Waals surface area contributed by atoms with E-state index in [1.165, 1.54) is 20.2 Å². The topological polar surface area (TPSA) is 86.9 Å². The number of aliphatic hydroxyl groups excluding tert-OH is 1. The highest BCUT2D eigenvalue weighted by atomic mass is 32.2. The summed E-state index contributed by atoms with van der Waals surface area (Å²) in [5.41, 5.74) is 7.10. The van der Waals surface area contributed by atoms with Crippen molar-refractivity contribution in [3.8, 4) is 0 Å². The predicted octanol–water partition coefficient (Wildman–Crippen LogP) is 0.726. The third-order valence-electron chi connectivity index (χ3n) is 4.00. The Kier molecular flexibility index (Phi) is 4.46. The molecule has 0 spiro atoms. The normalized spacial score (nSPS) is 23.6. The first kappa shape index (κ1) is 16.1. The minimum atomic E-state index is -3.56. The minimum absolute atomic E-state index is 0.128. The van der Waals surface area contributed by atoms with Crippen molar-refractivity contribution in [3.05, 3.63) is 18.2 Å². The molecular formula is C14H23N3O3S. The maximum atomic E-state index is 12.3. The highest BCUT2D eigenvalue weighted by molar-refractivity contribution is 7.89. The zero-order valence-corrected chi connectivity index (χ0v) is 13.5. The van der Waals surface area contributed by atoms with Crippen molar-refractivity contribution in [2.75, 3.05) is 37.8 Å². The lowest BCUT2D eigenvalue weighted by atomic mass is 9.96. The molecule has 0 aromatic heterocycles. The Morgan fingerprint density at radius 3 is 2.62 bits per heavy atom. The van der Waals surface area contributed by atoms with Gasteiger partial charge in [0.05, 0.1) is 17.5 Å². The third kappa shape index (κ3) is 3.00. The fourth-order valence-corrected chi connectivity index (χ4v) is 3.61. The summed E-state index contributed by atoms with van der Waals surface area (Å²) >= 11 is 0. The molecule has 0 bridgehead atoms. The Balaban J connectivity index is 2.39. The molecule has 2 unspecified atom stereocenters. The lowest BCUT2D eigenvalue weighted by molar-refractivity contribution is 0.0971. The maximum Gasteiger partial charge on any atom is 0.244 e. The zero-order valence-electron chi connectivity index (χ0n) is 12.7. The van der Waals surface area contributed by atoms with Crippen molar-refractivity contribution in [3.63, 3.8) is 0 Å². The van der Waals surface area contributed by atoms with Gasteiger partial charge < -0.3 is 15.7 Å². The summed E-state index contributed by atoms with van der Waals surface area (Å²) in [6, 6.07) is 5.06. The lowest BCUT2D eigenvalue weighted by Crippen LogP contribution is -2.42. The number of hydrogen-bond donors (Lipinski definition) is 2. The van der Waals surface area contributed by atoms with E-state index >= 15 is 0 Å². The molecule has 0 saturated carbocycles. The Morgan fingerprint density at radius 1 is 1.38 bits per heavy atom. The Labute approximate surface area is 126 Å². The van der Waals surface area contributed by atoms with E-state index in [2.05, 4.69) is 0 Å². The van der Waals surface area contributed by atoms with Crippen LogP contribution >= 0.6 is 0 Å². The smallest absolute Gasteiger partial charge is 0.244 e. The van der Waals surface area contributed by atoms with Crippen LogP contribution in [0.3, 0.4) is 0 Å². The highest BCUT2D eigenvalue weighted by Gasteiger charge is 2.28. The van der Waals surface area contributed by atoms with Gasteiger partial charge in [0.15, 0.2) is 0 Å². The second-order valence-corrected chi connectivity index (χ2v) is 7.88. The van der Waals surface area contributed by atoms with Gasteiger partial charge in [0, 0.05) is 27.2 Å². The molecule has 1 aromatic carbocycles. The molecule has 1 aliphatic rings.